The Morgan fingerprint density at radius 3 is 2.38 bits per heavy atom. The maximum atomic E-state index is 13.6. The number of thiophene rings is 1. The van der Waals surface area contributed by atoms with Gasteiger partial charge in [-0.1, -0.05) is 68.7 Å². The van der Waals surface area contributed by atoms with E-state index in [-0.39, 0.29) is 35.4 Å². The van der Waals surface area contributed by atoms with Crippen LogP contribution in [-0.2, 0) is 17.3 Å². The molecule has 0 unspecified atom stereocenters. The van der Waals surface area contributed by atoms with Crippen molar-refractivity contribution in [3.8, 4) is 0 Å². The van der Waals surface area contributed by atoms with Crippen molar-refractivity contribution in [3.63, 3.8) is 0 Å². The SMILES string of the molecule is CCCCCCOC(=O)n1nc(NC(=O)c2ccccc2NC(=O)c2nccn2C)c2cc(C(=O)NC(C)(C)c3ccccc3)sc21. The predicted molar refractivity (Wildman–Crippen MR) is 181 cm³/mol. The first-order valence-corrected chi connectivity index (χ1v) is 16.2. The maximum Gasteiger partial charge on any atom is 0.436 e. The lowest BCUT2D eigenvalue weighted by molar-refractivity contribution is 0.0915. The van der Waals surface area contributed by atoms with Crippen LogP contribution in [0.1, 0.15) is 82.7 Å². The maximum absolute atomic E-state index is 13.6. The van der Waals surface area contributed by atoms with Gasteiger partial charge in [-0.2, -0.15) is 4.68 Å². The third-order valence-electron chi connectivity index (χ3n) is 7.58. The zero-order valence-corrected chi connectivity index (χ0v) is 27.5. The van der Waals surface area contributed by atoms with Gasteiger partial charge in [-0.05, 0) is 44.0 Å². The van der Waals surface area contributed by atoms with Crippen molar-refractivity contribution in [1.29, 1.82) is 0 Å². The lowest BCUT2D eigenvalue weighted by atomic mass is 9.94. The normalized spacial score (nSPS) is 11.3. The number of nitrogens with zero attached hydrogens (tertiary/aromatic N) is 4. The highest BCUT2D eigenvalue weighted by Crippen LogP contribution is 2.33. The fraction of sp³-hybridized carbons (Fsp3) is 0.294. The minimum Gasteiger partial charge on any atom is -0.448 e. The van der Waals surface area contributed by atoms with Gasteiger partial charge in [0.05, 0.1) is 33.7 Å². The smallest absolute Gasteiger partial charge is 0.436 e. The number of ether oxygens (including phenoxy) is 1. The lowest BCUT2D eigenvalue weighted by Crippen LogP contribution is -2.40. The van der Waals surface area contributed by atoms with Crippen molar-refractivity contribution in [2.75, 3.05) is 17.2 Å². The Hall–Kier alpha value is -5.30. The summed E-state index contributed by atoms with van der Waals surface area (Å²) in [4.78, 5) is 57.9. The monoisotopic (exact) mass is 655 g/mol. The Morgan fingerprint density at radius 1 is 0.915 bits per heavy atom. The molecule has 3 amide bonds. The molecule has 0 fully saturated rings. The average molecular weight is 656 g/mol. The van der Waals surface area contributed by atoms with Crippen LogP contribution < -0.4 is 16.0 Å². The fourth-order valence-electron chi connectivity index (χ4n) is 4.99. The molecule has 47 heavy (non-hydrogen) atoms. The molecular weight excluding hydrogens is 618 g/mol. The van der Waals surface area contributed by atoms with Gasteiger partial charge in [-0.3, -0.25) is 14.4 Å². The van der Waals surface area contributed by atoms with E-state index in [0.717, 1.165) is 40.8 Å². The van der Waals surface area contributed by atoms with E-state index in [2.05, 4.69) is 33.0 Å². The number of rotatable bonds is 12. The molecule has 0 spiro atoms. The molecule has 0 aliphatic rings. The number of nitrogens with one attached hydrogen (secondary N) is 3. The zero-order chi connectivity index (χ0) is 33.6. The molecule has 13 heteroatoms. The third-order valence-corrected chi connectivity index (χ3v) is 8.69. The van der Waals surface area contributed by atoms with E-state index in [9.17, 15) is 19.2 Å². The summed E-state index contributed by atoms with van der Waals surface area (Å²) in [5, 5.41) is 13.3. The number of para-hydroxylation sites is 1. The predicted octanol–water partition coefficient (Wildman–Crippen LogP) is 6.57. The summed E-state index contributed by atoms with van der Waals surface area (Å²) in [6.45, 7) is 6.12. The number of aryl methyl sites for hydroxylation is 1. The molecule has 0 saturated heterocycles. The Labute approximate surface area is 276 Å². The van der Waals surface area contributed by atoms with Gasteiger partial charge >= 0.3 is 6.09 Å². The number of benzene rings is 2. The second-order valence-corrected chi connectivity index (χ2v) is 12.6. The van der Waals surface area contributed by atoms with Crippen molar-refractivity contribution in [2.24, 2.45) is 7.05 Å². The van der Waals surface area contributed by atoms with Gasteiger partial charge in [-0.25, -0.2) is 9.78 Å². The summed E-state index contributed by atoms with van der Waals surface area (Å²) in [5.41, 5.74) is 0.662. The Morgan fingerprint density at radius 2 is 1.66 bits per heavy atom. The number of hydrogen-bond donors (Lipinski definition) is 3. The number of imidazole rings is 1. The minimum absolute atomic E-state index is 0.0655. The topological polar surface area (TPSA) is 149 Å². The lowest BCUT2D eigenvalue weighted by Gasteiger charge is -2.26. The second kappa shape index (κ2) is 14.4. The van der Waals surface area contributed by atoms with Crippen LogP contribution in [-0.4, -0.2) is 49.8 Å². The van der Waals surface area contributed by atoms with Crippen molar-refractivity contribution < 1.29 is 23.9 Å². The van der Waals surface area contributed by atoms with Crippen LogP contribution in [0.25, 0.3) is 10.2 Å². The van der Waals surface area contributed by atoms with Crippen molar-refractivity contribution in [1.82, 2.24) is 24.6 Å². The van der Waals surface area contributed by atoms with E-state index in [4.69, 9.17) is 4.74 Å². The number of fused-ring (bicyclic) bond motifs is 1. The number of anilines is 2. The number of carbonyl (C=O) groups is 4. The number of aromatic nitrogens is 4. The first-order valence-electron chi connectivity index (χ1n) is 15.4. The van der Waals surface area contributed by atoms with Gasteiger partial charge in [0.15, 0.2) is 11.6 Å². The number of unbranched alkanes of at least 4 members (excludes halogenated alkanes) is 3. The van der Waals surface area contributed by atoms with Crippen LogP contribution in [0.4, 0.5) is 16.3 Å². The number of amides is 3. The average Bonchev–Trinajstić information content (AvgIpc) is 3.77. The molecule has 244 valence electrons. The van der Waals surface area contributed by atoms with Crippen molar-refractivity contribution in [2.45, 2.75) is 52.0 Å². The van der Waals surface area contributed by atoms with Crippen molar-refractivity contribution in [3.05, 3.63) is 94.9 Å². The molecule has 3 N–H and O–H groups in total. The van der Waals surface area contributed by atoms with Crippen LogP contribution in [0, 0.1) is 0 Å². The standard InChI is InChI=1S/C34H37N7O5S/c1-5-6-7-13-20-46-33(45)41-32-24(21-26(47-32)30(43)38-34(2,3)22-14-9-8-10-15-22)27(39-41)37-29(42)23-16-11-12-17-25(23)36-31(44)28-35-18-19-40(28)4/h8-12,14-19,21H,5-7,13,20H2,1-4H3,(H,36,44)(H,38,43)(H,37,39,42). The molecule has 2 aromatic carbocycles. The molecule has 0 atom stereocenters. The van der Waals surface area contributed by atoms with Crippen LogP contribution >= 0.6 is 11.3 Å². The van der Waals surface area contributed by atoms with Gasteiger partial charge < -0.3 is 25.3 Å². The molecule has 5 aromatic rings. The Bertz CT molecular complexity index is 1910. The summed E-state index contributed by atoms with van der Waals surface area (Å²) >= 11 is 1.07. The first kappa shape index (κ1) is 33.1. The molecular formula is C34H37N7O5S. The fourth-order valence-corrected chi connectivity index (χ4v) is 5.98. The molecule has 3 aromatic heterocycles. The van der Waals surface area contributed by atoms with Crippen molar-refractivity contribution >= 4 is 56.9 Å². The van der Waals surface area contributed by atoms with Gasteiger partial charge in [0.25, 0.3) is 17.7 Å². The van der Waals surface area contributed by atoms with Crippen LogP contribution in [0.3, 0.4) is 0 Å². The van der Waals surface area contributed by atoms with Gasteiger partial charge in [0.2, 0.25) is 0 Å². The van der Waals surface area contributed by atoms with E-state index in [0.29, 0.717) is 21.5 Å². The van der Waals surface area contributed by atoms with Gasteiger partial charge in [0, 0.05) is 19.4 Å². The molecule has 3 heterocycles. The summed E-state index contributed by atoms with van der Waals surface area (Å²) < 4.78 is 8.14. The zero-order valence-electron chi connectivity index (χ0n) is 26.7. The number of carbonyl (C=O) groups excluding carboxylic acids is 4. The summed E-state index contributed by atoms with van der Waals surface area (Å²) in [7, 11) is 1.69. The molecule has 0 radical (unpaired) electrons. The molecule has 12 nitrogen and oxygen atoms in total. The number of hydrogen-bond acceptors (Lipinski definition) is 8. The molecule has 0 saturated carbocycles. The Kier molecular flexibility index (Phi) is 10.1. The summed E-state index contributed by atoms with van der Waals surface area (Å²) in [6.07, 6.45) is 6.15. The summed E-state index contributed by atoms with van der Waals surface area (Å²) in [5.74, 6) is -1.18. The first-order chi connectivity index (χ1) is 22.6. The van der Waals surface area contributed by atoms with Gasteiger partial charge in [-0.15, -0.1) is 16.4 Å². The summed E-state index contributed by atoms with van der Waals surface area (Å²) in [6, 6.07) is 17.7. The van der Waals surface area contributed by atoms with Gasteiger partial charge in [0.1, 0.15) is 4.83 Å². The van der Waals surface area contributed by atoms with E-state index in [1.807, 2.05) is 44.2 Å². The van der Waals surface area contributed by atoms with E-state index in [1.54, 1.807) is 48.1 Å². The van der Waals surface area contributed by atoms with E-state index < -0.39 is 23.4 Å². The van der Waals surface area contributed by atoms with Crippen LogP contribution in [0.15, 0.2) is 73.1 Å². The highest BCUT2D eigenvalue weighted by atomic mass is 32.1. The molecule has 5 rings (SSSR count). The minimum atomic E-state index is -0.715. The highest BCUT2D eigenvalue weighted by Gasteiger charge is 2.28. The van der Waals surface area contributed by atoms with Crippen LogP contribution in [0.5, 0.6) is 0 Å². The quantitative estimate of drug-likeness (QED) is 0.129. The Balaban J connectivity index is 1.43. The van der Waals surface area contributed by atoms with Crippen LogP contribution in [0.2, 0.25) is 0 Å². The second-order valence-electron chi connectivity index (χ2n) is 11.5. The largest absolute Gasteiger partial charge is 0.448 e. The molecule has 0 aliphatic carbocycles. The highest BCUT2D eigenvalue weighted by molar-refractivity contribution is 7.20. The molecule has 0 aliphatic heterocycles. The van der Waals surface area contributed by atoms with E-state index in [1.165, 1.54) is 6.20 Å². The molecule has 0 bridgehead atoms. The van der Waals surface area contributed by atoms with E-state index >= 15 is 0 Å². The third kappa shape index (κ3) is 7.58.